The number of carbonyl (C=O) groups is 2. The van der Waals surface area contributed by atoms with Gasteiger partial charge in [-0.05, 0) is 90.6 Å². The minimum Gasteiger partial charge on any atom is -0.295 e. The smallest absolute Gasteiger partial charge is 0.159 e. The summed E-state index contributed by atoms with van der Waals surface area (Å²) in [6.45, 7) is 3.24. The van der Waals surface area contributed by atoms with Crippen molar-refractivity contribution in [2.24, 2.45) is 0 Å². The van der Waals surface area contributed by atoms with Crippen LogP contribution < -0.4 is 0 Å². The van der Waals surface area contributed by atoms with Gasteiger partial charge < -0.3 is 0 Å². The summed E-state index contributed by atoms with van der Waals surface area (Å²) in [5, 5.41) is 14.5. The molecule has 0 heterocycles. The molecule has 7 rings (SSSR count). The van der Waals surface area contributed by atoms with Crippen LogP contribution >= 0.6 is 0 Å². The van der Waals surface area contributed by atoms with Crippen LogP contribution in [-0.2, 0) is 0 Å². The highest BCUT2D eigenvalue weighted by Gasteiger charge is 2.22. The van der Waals surface area contributed by atoms with Gasteiger partial charge in [-0.1, -0.05) is 60.7 Å². The van der Waals surface area contributed by atoms with E-state index in [0.29, 0.717) is 0 Å². The lowest BCUT2D eigenvalue weighted by Crippen LogP contribution is -1.90. The Balaban J connectivity index is 1.82. The molecule has 0 atom stereocenters. The van der Waals surface area contributed by atoms with Crippen molar-refractivity contribution >= 4 is 76.2 Å². The number of carbonyl (C=O) groups excluding carboxylic acids is 2. The van der Waals surface area contributed by atoms with Crippen LogP contribution in [0, 0.1) is 0 Å². The van der Waals surface area contributed by atoms with Crippen molar-refractivity contribution < 1.29 is 9.59 Å². The number of ketones is 2. The van der Waals surface area contributed by atoms with E-state index in [4.69, 9.17) is 0 Å². The number of hydrogen-bond donors (Lipinski definition) is 0. The van der Waals surface area contributed by atoms with E-state index in [1.807, 2.05) is 24.3 Å². The number of benzene rings is 5. The van der Waals surface area contributed by atoms with Crippen molar-refractivity contribution in [2.45, 2.75) is 13.8 Å². The van der Waals surface area contributed by atoms with Crippen LogP contribution in [0.25, 0.3) is 64.6 Å². The zero-order chi connectivity index (χ0) is 21.7. The molecule has 0 N–H and O–H groups in total. The van der Waals surface area contributed by atoms with Gasteiger partial charge in [0.05, 0.1) is 0 Å². The Morgan fingerprint density at radius 2 is 0.781 bits per heavy atom. The fourth-order valence-electron chi connectivity index (χ4n) is 5.75. The molecular weight excluding hydrogens is 392 g/mol. The van der Waals surface area contributed by atoms with E-state index in [1.165, 1.54) is 53.9 Å². The third-order valence-corrected chi connectivity index (χ3v) is 7.14. The molecule has 2 nitrogen and oxygen atoms in total. The standard InChI is InChI=1S/C30H18O2/c1-15(31)17-9-11-21-25(13-17)19-5-3-7-23-27(19)29(21)24-8-4-6-20-26-14-18(16(2)32)10-12-22(26)30(23)28(20)24/h3-14H,1-2H3. The average molecular weight is 410 g/mol. The van der Waals surface area contributed by atoms with E-state index >= 15 is 0 Å². The van der Waals surface area contributed by atoms with Gasteiger partial charge in [0, 0.05) is 11.1 Å². The van der Waals surface area contributed by atoms with Crippen LogP contribution in [-0.4, -0.2) is 11.6 Å². The molecule has 150 valence electrons. The Bertz CT molecular complexity index is 1780. The molecule has 7 aromatic rings. The minimum atomic E-state index is 0.0834. The van der Waals surface area contributed by atoms with Gasteiger partial charge in [-0.15, -0.1) is 0 Å². The first kappa shape index (κ1) is 17.6. The SMILES string of the molecule is CC(=O)c1ccc2c(c1)c1cccc3c1c2c1cccc2c4cc(C(C)=O)ccc4c3c21. The van der Waals surface area contributed by atoms with E-state index in [1.54, 1.807) is 13.8 Å². The third kappa shape index (κ3) is 2.00. The van der Waals surface area contributed by atoms with E-state index in [0.717, 1.165) is 21.9 Å². The van der Waals surface area contributed by atoms with Crippen LogP contribution in [0.1, 0.15) is 34.6 Å². The van der Waals surface area contributed by atoms with E-state index in [9.17, 15) is 9.59 Å². The number of fused-ring (bicyclic) bond motifs is 8. The molecule has 0 aromatic heterocycles. The first-order valence-corrected chi connectivity index (χ1v) is 10.9. The van der Waals surface area contributed by atoms with Crippen molar-refractivity contribution in [3.8, 4) is 0 Å². The Labute approximate surface area is 183 Å². The highest BCUT2D eigenvalue weighted by atomic mass is 16.1. The topological polar surface area (TPSA) is 34.1 Å². The molecule has 0 bridgehead atoms. The highest BCUT2D eigenvalue weighted by Crippen LogP contribution is 2.50. The van der Waals surface area contributed by atoms with Crippen LogP contribution in [0.15, 0.2) is 72.8 Å². The maximum atomic E-state index is 12.1. The fraction of sp³-hybridized carbons (Fsp3) is 0.0667. The van der Waals surface area contributed by atoms with Gasteiger partial charge >= 0.3 is 0 Å². The van der Waals surface area contributed by atoms with Crippen LogP contribution in [0.4, 0.5) is 0 Å². The zero-order valence-corrected chi connectivity index (χ0v) is 17.7. The van der Waals surface area contributed by atoms with Gasteiger partial charge in [0.25, 0.3) is 0 Å². The van der Waals surface area contributed by atoms with Crippen molar-refractivity contribution in [2.75, 3.05) is 0 Å². The number of rotatable bonds is 2. The minimum absolute atomic E-state index is 0.0834. The van der Waals surface area contributed by atoms with Gasteiger partial charge in [-0.3, -0.25) is 9.59 Å². The summed E-state index contributed by atoms with van der Waals surface area (Å²) in [5.41, 5.74) is 1.49. The van der Waals surface area contributed by atoms with Gasteiger partial charge in [-0.25, -0.2) is 0 Å². The van der Waals surface area contributed by atoms with Crippen molar-refractivity contribution in [1.82, 2.24) is 0 Å². The Hall–Kier alpha value is -4.04. The second kappa shape index (κ2) is 5.80. The quantitative estimate of drug-likeness (QED) is 0.214. The average Bonchev–Trinajstić information content (AvgIpc) is 3.31. The third-order valence-electron chi connectivity index (χ3n) is 7.14. The van der Waals surface area contributed by atoms with Gasteiger partial charge in [0.1, 0.15) is 0 Å². The van der Waals surface area contributed by atoms with Crippen molar-refractivity contribution in [1.29, 1.82) is 0 Å². The Morgan fingerprint density at radius 3 is 1.16 bits per heavy atom. The summed E-state index contributed by atoms with van der Waals surface area (Å²) in [4.78, 5) is 24.1. The molecule has 0 unspecified atom stereocenters. The van der Waals surface area contributed by atoms with E-state index in [2.05, 4.69) is 48.5 Å². The predicted octanol–water partition coefficient (Wildman–Crippen LogP) is 7.89. The van der Waals surface area contributed by atoms with Crippen molar-refractivity contribution in [3.05, 3.63) is 83.9 Å². The second-order valence-corrected chi connectivity index (χ2v) is 8.84. The summed E-state index contributed by atoms with van der Waals surface area (Å²) < 4.78 is 0. The summed E-state index contributed by atoms with van der Waals surface area (Å²) >= 11 is 0. The molecule has 0 radical (unpaired) electrons. The molecule has 7 aromatic carbocycles. The number of Topliss-reactive ketones (excluding diaryl/α,β-unsaturated/α-hetero) is 2. The maximum absolute atomic E-state index is 12.1. The van der Waals surface area contributed by atoms with Crippen LogP contribution in [0.2, 0.25) is 0 Å². The molecule has 0 aliphatic rings. The lowest BCUT2D eigenvalue weighted by Gasteiger charge is -2.07. The Kier molecular flexibility index (Phi) is 3.19. The molecule has 2 heteroatoms. The summed E-state index contributed by atoms with van der Waals surface area (Å²) in [5.74, 6) is 0.167. The normalized spacial score (nSPS) is 12.3. The first-order chi connectivity index (χ1) is 15.5. The van der Waals surface area contributed by atoms with Crippen LogP contribution in [0.5, 0.6) is 0 Å². The maximum Gasteiger partial charge on any atom is 0.159 e. The molecule has 32 heavy (non-hydrogen) atoms. The van der Waals surface area contributed by atoms with E-state index in [-0.39, 0.29) is 11.6 Å². The monoisotopic (exact) mass is 410 g/mol. The van der Waals surface area contributed by atoms with Crippen molar-refractivity contribution in [3.63, 3.8) is 0 Å². The second-order valence-electron chi connectivity index (χ2n) is 8.84. The summed E-state index contributed by atoms with van der Waals surface area (Å²) in [6, 6.07) is 25.1. The van der Waals surface area contributed by atoms with Gasteiger partial charge in [-0.2, -0.15) is 0 Å². The highest BCUT2D eigenvalue weighted by molar-refractivity contribution is 6.47. The molecule has 0 fully saturated rings. The molecule has 0 aliphatic carbocycles. The zero-order valence-electron chi connectivity index (χ0n) is 17.7. The van der Waals surface area contributed by atoms with E-state index < -0.39 is 0 Å². The lowest BCUT2D eigenvalue weighted by molar-refractivity contribution is 0.100. The molecule has 0 aliphatic heterocycles. The van der Waals surface area contributed by atoms with Gasteiger partial charge in [0.2, 0.25) is 0 Å². The Morgan fingerprint density at radius 1 is 0.438 bits per heavy atom. The molecular formula is C30H18O2. The van der Waals surface area contributed by atoms with Crippen LogP contribution in [0.3, 0.4) is 0 Å². The number of hydrogen-bond acceptors (Lipinski definition) is 2. The fourth-order valence-corrected chi connectivity index (χ4v) is 5.75. The summed E-state index contributed by atoms with van der Waals surface area (Å²) in [6.07, 6.45) is 0. The first-order valence-electron chi connectivity index (χ1n) is 10.9. The lowest BCUT2D eigenvalue weighted by atomic mass is 9.95. The molecule has 0 saturated heterocycles. The summed E-state index contributed by atoms with van der Waals surface area (Å²) in [7, 11) is 0. The van der Waals surface area contributed by atoms with Gasteiger partial charge in [0.15, 0.2) is 11.6 Å². The molecule has 0 saturated carbocycles. The largest absolute Gasteiger partial charge is 0.295 e. The predicted molar refractivity (Wildman–Crippen MR) is 134 cm³/mol. The molecule has 0 amide bonds. The molecule has 0 spiro atoms.